The molecule has 1 aliphatic rings. The Hall–Kier alpha value is -1.27. The van der Waals surface area contributed by atoms with Gasteiger partial charge in [0.05, 0.1) is 0 Å². The van der Waals surface area contributed by atoms with Crippen LogP contribution in [0.25, 0.3) is 0 Å². The van der Waals surface area contributed by atoms with Crippen molar-refractivity contribution in [3.8, 4) is 0 Å². The molecule has 0 aliphatic heterocycles. The third-order valence-corrected chi connectivity index (χ3v) is 2.74. The van der Waals surface area contributed by atoms with Crippen LogP contribution < -0.4 is 0 Å². The second-order valence-corrected chi connectivity index (χ2v) is 4.26. The molecular formula is C10H14F3NO3. The quantitative estimate of drug-likeness (QED) is 0.810. The monoisotopic (exact) mass is 253 g/mol. The molecule has 0 saturated heterocycles. The Labute approximate surface area is 96.4 Å². The van der Waals surface area contributed by atoms with E-state index in [0.717, 1.165) is 19.3 Å². The summed E-state index contributed by atoms with van der Waals surface area (Å²) in [5, 5.41) is 8.47. The summed E-state index contributed by atoms with van der Waals surface area (Å²) < 4.78 is 36.5. The van der Waals surface area contributed by atoms with Gasteiger partial charge in [0.25, 0.3) is 0 Å². The van der Waals surface area contributed by atoms with Crippen molar-refractivity contribution in [3.63, 3.8) is 0 Å². The van der Waals surface area contributed by atoms with Gasteiger partial charge >= 0.3 is 12.1 Å². The Balaban J connectivity index is 2.53. The molecule has 1 saturated carbocycles. The van der Waals surface area contributed by atoms with Crippen molar-refractivity contribution in [3.05, 3.63) is 0 Å². The number of rotatable bonds is 5. The minimum Gasteiger partial charge on any atom is -0.480 e. The van der Waals surface area contributed by atoms with Crippen LogP contribution in [0.15, 0.2) is 0 Å². The Bertz CT molecular complexity index is 300. The summed E-state index contributed by atoms with van der Waals surface area (Å²) in [5.41, 5.74) is 0. The van der Waals surface area contributed by atoms with Crippen molar-refractivity contribution >= 4 is 11.9 Å². The van der Waals surface area contributed by atoms with Gasteiger partial charge in [0, 0.05) is 6.42 Å². The fraction of sp³-hybridized carbons (Fsp3) is 0.800. The van der Waals surface area contributed by atoms with E-state index in [9.17, 15) is 22.8 Å². The van der Waals surface area contributed by atoms with Crippen LogP contribution in [0.2, 0.25) is 0 Å². The van der Waals surface area contributed by atoms with Gasteiger partial charge in [-0.1, -0.05) is 6.42 Å². The van der Waals surface area contributed by atoms with Gasteiger partial charge in [-0.05, 0) is 18.8 Å². The maximum atomic E-state index is 12.2. The van der Waals surface area contributed by atoms with Gasteiger partial charge in [0.2, 0.25) is 5.91 Å². The lowest BCUT2D eigenvalue weighted by atomic mass is 9.82. The third-order valence-electron chi connectivity index (χ3n) is 2.74. The minimum absolute atomic E-state index is 0.0172. The Kier molecular flexibility index (Phi) is 4.36. The fourth-order valence-corrected chi connectivity index (χ4v) is 1.68. The molecular weight excluding hydrogens is 239 g/mol. The molecule has 0 aromatic rings. The number of halogens is 3. The van der Waals surface area contributed by atoms with Crippen molar-refractivity contribution in [2.75, 3.05) is 13.1 Å². The molecule has 98 valence electrons. The maximum absolute atomic E-state index is 12.2. The number of amides is 1. The van der Waals surface area contributed by atoms with E-state index in [2.05, 4.69) is 0 Å². The second-order valence-electron chi connectivity index (χ2n) is 4.26. The lowest BCUT2D eigenvalue weighted by Crippen LogP contribution is -2.43. The summed E-state index contributed by atoms with van der Waals surface area (Å²) >= 11 is 0. The molecule has 0 aromatic heterocycles. The van der Waals surface area contributed by atoms with Gasteiger partial charge < -0.3 is 10.0 Å². The third kappa shape index (κ3) is 5.06. The lowest BCUT2D eigenvalue weighted by Gasteiger charge is -2.28. The molecule has 0 unspecified atom stereocenters. The zero-order valence-corrected chi connectivity index (χ0v) is 9.16. The highest BCUT2D eigenvalue weighted by Crippen LogP contribution is 2.30. The van der Waals surface area contributed by atoms with Gasteiger partial charge in [-0.15, -0.1) is 0 Å². The van der Waals surface area contributed by atoms with Crippen LogP contribution >= 0.6 is 0 Å². The van der Waals surface area contributed by atoms with E-state index < -0.39 is 31.1 Å². The SMILES string of the molecule is O=C(O)CN(CC(F)(F)F)C(=O)CC1CCC1. The van der Waals surface area contributed by atoms with Gasteiger partial charge in [-0.3, -0.25) is 9.59 Å². The average Bonchev–Trinajstić information content (AvgIpc) is 2.06. The number of alkyl halides is 3. The van der Waals surface area contributed by atoms with Crippen LogP contribution in [0.5, 0.6) is 0 Å². The first-order chi connectivity index (χ1) is 7.78. The van der Waals surface area contributed by atoms with Crippen molar-refractivity contribution in [2.24, 2.45) is 5.92 Å². The molecule has 0 bridgehead atoms. The van der Waals surface area contributed by atoms with Gasteiger partial charge in [-0.25, -0.2) is 0 Å². The molecule has 7 heteroatoms. The highest BCUT2D eigenvalue weighted by molar-refractivity contribution is 5.81. The molecule has 4 nitrogen and oxygen atoms in total. The number of hydrogen-bond donors (Lipinski definition) is 1. The summed E-state index contributed by atoms with van der Waals surface area (Å²) in [4.78, 5) is 22.3. The summed E-state index contributed by atoms with van der Waals surface area (Å²) in [6.07, 6.45) is -1.90. The first-order valence-electron chi connectivity index (χ1n) is 5.34. The number of carbonyl (C=O) groups excluding carboxylic acids is 1. The predicted molar refractivity (Wildman–Crippen MR) is 52.2 cm³/mol. The highest BCUT2D eigenvalue weighted by Gasteiger charge is 2.35. The van der Waals surface area contributed by atoms with E-state index in [1.807, 2.05) is 0 Å². The van der Waals surface area contributed by atoms with Crippen molar-refractivity contribution in [1.82, 2.24) is 4.90 Å². The van der Waals surface area contributed by atoms with E-state index >= 15 is 0 Å². The molecule has 1 aliphatic carbocycles. The first kappa shape index (κ1) is 13.8. The summed E-state index contributed by atoms with van der Waals surface area (Å²) in [6, 6.07) is 0. The molecule has 0 radical (unpaired) electrons. The van der Waals surface area contributed by atoms with Crippen molar-refractivity contribution in [2.45, 2.75) is 31.9 Å². The topological polar surface area (TPSA) is 57.6 Å². The Morgan fingerprint density at radius 3 is 2.24 bits per heavy atom. The van der Waals surface area contributed by atoms with Crippen molar-refractivity contribution in [1.29, 1.82) is 0 Å². The standard InChI is InChI=1S/C10H14F3NO3/c11-10(12,13)6-14(5-9(16)17)8(15)4-7-2-1-3-7/h7H,1-6H2,(H,16,17). The summed E-state index contributed by atoms with van der Waals surface area (Å²) in [6.45, 7) is -2.39. The maximum Gasteiger partial charge on any atom is 0.406 e. The lowest BCUT2D eigenvalue weighted by molar-refractivity contribution is -0.166. The van der Waals surface area contributed by atoms with Crippen LogP contribution in [-0.4, -0.2) is 41.1 Å². The molecule has 0 atom stereocenters. The van der Waals surface area contributed by atoms with E-state index in [4.69, 9.17) is 5.11 Å². The van der Waals surface area contributed by atoms with Crippen molar-refractivity contribution < 1.29 is 27.9 Å². The highest BCUT2D eigenvalue weighted by atomic mass is 19.4. The first-order valence-corrected chi connectivity index (χ1v) is 5.34. The molecule has 1 fully saturated rings. The molecule has 0 heterocycles. The van der Waals surface area contributed by atoms with E-state index in [0.29, 0.717) is 4.90 Å². The molecule has 1 amide bonds. The number of carbonyl (C=O) groups is 2. The van der Waals surface area contributed by atoms with Crippen LogP contribution in [0.3, 0.4) is 0 Å². The number of carboxylic acid groups (broad SMARTS) is 1. The van der Waals surface area contributed by atoms with Crippen LogP contribution in [0.1, 0.15) is 25.7 Å². The van der Waals surface area contributed by atoms with Crippen LogP contribution in [-0.2, 0) is 9.59 Å². The van der Waals surface area contributed by atoms with Gasteiger partial charge in [0.15, 0.2) is 0 Å². The Morgan fingerprint density at radius 2 is 1.88 bits per heavy atom. The normalized spacial score (nSPS) is 16.4. The van der Waals surface area contributed by atoms with Gasteiger partial charge in [-0.2, -0.15) is 13.2 Å². The number of hydrogen-bond acceptors (Lipinski definition) is 2. The molecule has 1 rings (SSSR count). The second kappa shape index (κ2) is 5.37. The minimum atomic E-state index is -4.56. The molecule has 1 N–H and O–H groups in total. The summed E-state index contributed by atoms with van der Waals surface area (Å²) in [5.74, 6) is -2.04. The number of aliphatic carboxylic acids is 1. The smallest absolute Gasteiger partial charge is 0.406 e. The van der Waals surface area contributed by atoms with Gasteiger partial charge in [0.1, 0.15) is 13.1 Å². The van der Waals surface area contributed by atoms with Crippen LogP contribution in [0.4, 0.5) is 13.2 Å². The zero-order valence-electron chi connectivity index (χ0n) is 9.16. The van der Waals surface area contributed by atoms with E-state index in [-0.39, 0.29) is 12.3 Å². The van der Waals surface area contributed by atoms with E-state index in [1.54, 1.807) is 0 Å². The largest absolute Gasteiger partial charge is 0.480 e. The molecule has 17 heavy (non-hydrogen) atoms. The van der Waals surface area contributed by atoms with Crippen LogP contribution in [0, 0.1) is 5.92 Å². The Morgan fingerprint density at radius 1 is 1.29 bits per heavy atom. The van der Waals surface area contributed by atoms with E-state index in [1.165, 1.54) is 0 Å². The molecule has 0 spiro atoms. The predicted octanol–water partition coefficient (Wildman–Crippen LogP) is 1.65. The average molecular weight is 253 g/mol. The fourth-order valence-electron chi connectivity index (χ4n) is 1.68. The number of carboxylic acids is 1. The molecule has 0 aromatic carbocycles. The zero-order chi connectivity index (χ0) is 13.1. The number of nitrogens with zero attached hydrogens (tertiary/aromatic N) is 1. The summed E-state index contributed by atoms with van der Waals surface area (Å²) in [7, 11) is 0.